The Morgan fingerprint density at radius 1 is 1.06 bits per heavy atom. The Bertz CT molecular complexity index is 1260. The van der Waals surface area contributed by atoms with Crippen LogP contribution in [0.2, 0.25) is 0 Å². The van der Waals surface area contributed by atoms with Gasteiger partial charge in [-0.3, -0.25) is 14.8 Å². The third-order valence-electron chi connectivity index (χ3n) is 6.42. The quantitative estimate of drug-likeness (QED) is 0.391. The second-order valence-electron chi connectivity index (χ2n) is 8.79. The summed E-state index contributed by atoms with van der Waals surface area (Å²) in [5.74, 6) is 0.950. The Hall–Kier alpha value is -3.16. The van der Waals surface area contributed by atoms with Crippen LogP contribution in [0.3, 0.4) is 0 Å². The van der Waals surface area contributed by atoms with Gasteiger partial charge < -0.3 is 9.80 Å². The molecule has 4 aromatic rings. The van der Waals surface area contributed by atoms with Crippen molar-refractivity contribution in [1.29, 1.82) is 0 Å². The minimum Gasteiger partial charge on any atom is -0.356 e. The summed E-state index contributed by atoms with van der Waals surface area (Å²) in [5.41, 5.74) is 4.43. The first-order chi connectivity index (χ1) is 16.1. The molecule has 0 atom stereocenters. The fourth-order valence-corrected chi connectivity index (χ4v) is 5.06. The lowest BCUT2D eigenvalue weighted by atomic mass is 10.0. The van der Waals surface area contributed by atoms with E-state index >= 15 is 0 Å². The summed E-state index contributed by atoms with van der Waals surface area (Å²) in [6.07, 6.45) is 7.96. The number of pyridine rings is 2. The standard InChI is InChI=1S/C26H27N5OS/c1-30(2)23-6-9-31(10-7-23)26-13-18(5-8-28-26)24(32)14-22-12-21-11-19(25-16-27-17-33-25)3-4-20(21)15-29-22/h3-5,8,11-13,15-17,23H,6-7,9-10,14H2,1-2H3. The van der Waals surface area contributed by atoms with Crippen LogP contribution in [-0.4, -0.2) is 58.9 Å². The first-order valence-electron chi connectivity index (χ1n) is 11.2. The number of benzene rings is 1. The van der Waals surface area contributed by atoms with Gasteiger partial charge in [0.25, 0.3) is 0 Å². The highest BCUT2D eigenvalue weighted by Gasteiger charge is 2.22. The molecule has 0 saturated carbocycles. The van der Waals surface area contributed by atoms with Crippen LogP contribution < -0.4 is 4.90 Å². The van der Waals surface area contributed by atoms with Crippen LogP contribution in [0.15, 0.2) is 60.5 Å². The van der Waals surface area contributed by atoms with Gasteiger partial charge in [0.15, 0.2) is 5.78 Å². The summed E-state index contributed by atoms with van der Waals surface area (Å²) in [7, 11) is 4.28. The number of fused-ring (bicyclic) bond motifs is 1. The number of piperidine rings is 1. The molecule has 168 valence electrons. The molecule has 4 heterocycles. The van der Waals surface area contributed by atoms with Crippen molar-refractivity contribution in [3.8, 4) is 10.4 Å². The van der Waals surface area contributed by atoms with Crippen LogP contribution in [0.25, 0.3) is 21.2 Å². The van der Waals surface area contributed by atoms with Crippen molar-refractivity contribution < 1.29 is 4.79 Å². The number of hydrogen-bond donors (Lipinski definition) is 0. The van der Waals surface area contributed by atoms with Gasteiger partial charge in [-0.15, -0.1) is 11.3 Å². The van der Waals surface area contributed by atoms with Crippen molar-refractivity contribution in [1.82, 2.24) is 19.9 Å². The Kier molecular flexibility index (Phi) is 6.15. The number of carbonyl (C=O) groups is 1. The van der Waals surface area contributed by atoms with Gasteiger partial charge in [-0.2, -0.15) is 0 Å². The van der Waals surface area contributed by atoms with Crippen molar-refractivity contribution in [3.63, 3.8) is 0 Å². The molecule has 0 N–H and O–H groups in total. The molecule has 1 aliphatic rings. The van der Waals surface area contributed by atoms with Gasteiger partial charge in [-0.05, 0) is 62.2 Å². The first-order valence-corrected chi connectivity index (χ1v) is 12.1. The summed E-state index contributed by atoms with van der Waals surface area (Å²) >= 11 is 1.62. The number of aromatic nitrogens is 3. The molecule has 1 saturated heterocycles. The number of carbonyl (C=O) groups excluding carboxylic acids is 1. The second kappa shape index (κ2) is 9.37. The Labute approximate surface area is 197 Å². The van der Waals surface area contributed by atoms with E-state index in [9.17, 15) is 4.79 Å². The molecule has 6 nitrogen and oxygen atoms in total. The van der Waals surface area contributed by atoms with Crippen LogP contribution in [0, 0.1) is 0 Å². The molecule has 7 heteroatoms. The minimum atomic E-state index is 0.0623. The summed E-state index contributed by atoms with van der Waals surface area (Å²) in [5, 5.41) is 2.14. The summed E-state index contributed by atoms with van der Waals surface area (Å²) in [4.78, 5) is 32.0. The van der Waals surface area contributed by atoms with Crippen molar-refractivity contribution in [2.45, 2.75) is 25.3 Å². The van der Waals surface area contributed by atoms with Crippen molar-refractivity contribution >= 4 is 33.7 Å². The number of nitrogens with zero attached hydrogens (tertiary/aromatic N) is 5. The highest BCUT2D eigenvalue weighted by molar-refractivity contribution is 7.13. The molecule has 1 aromatic carbocycles. The molecule has 3 aromatic heterocycles. The topological polar surface area (TPSA) is 62.2 Å². The van der Waals surface area contributed by atoms with Gasteiger partial charge in [-0.25, -0.2) is 4.98 Å². The Balaban J connectivity index is 1.32. The summed E-state index contributed by atoms with van der Waals surface area (Å²) < 4.78 is 0. The maximum atomic E-state index is 13.1. The summed E-state index contributed by atoms with van der Waals surface area (Å²) in [6.45, 7) is 1.92. The number of Topliss-reactive ketones (excluding diaryl/α,β-unsaturated/α-hetero) is 1. The van der Waals surface area contributed by atoms with E-state index in [0.717, 1.165) is 58.7 Å². The van der Waals surface area contributed by atoms with E-state index in [4.69, 9.17) is 0 Å². The lowest BCUT2D eigenvalue weighted by Gasteiger charge is -2.35. The third-order valence-corrected chi connectivity index (χ3v) is 7.25. The molecule has 1 fully saturated rings. The minimum absolute atomic E-state index is 0.0623. The van der Waals surface area contributed by atoms with E-state index in [0.29, 0.717) is 11.6 Å². The zero-order valence-electron chi connectivity index (χ0n) is 18.9. The highest BCUT2D eigenvalue weighted by Crippen LogP contribution is 2.27. The Morgan fingerprint density at radius 3 is 2.67 bits per heavy atom. The van der Waals surface area contributed by atoms with Crippen LogP contribution in [0.1, 0.15) is 28.9 Å². The third kappa shape index (κ3) is 4.79. The van der Waals surface area contributed by atoms with Gasteiger partial charge in [0.05, 0.1) is 16.8 Å². The smallest absolute Gasteiger partial charge is 0.169 e. The van der Waals surface area contributed by atoms with E-state index in [-0.39, 0.29) is 12.2 Å². The van der Waals surface area contributed by atoms with Gasteiger partial charge in [0.2, 0.25) is 0 Å². The van der Waals surface area contributed by atoms with E-state index < -0.39 is 0 Å². The molecular formula is C26H27N5OS. The van der Waals surface area contributed by atoms with Crippen LogP contribution in [0.5, 0.6) is 0 Å². The molecule has 0 bridgehead atoms. The number of hydrogen-bond acceptors (Lipinski definition) is 7. The van der Waals surface area contributed by atoms with Crippen molar-refractivity contribution in [2.24, 2.45) is 0 Å². The zero-order valence-corrected chi connectivity index (χ0v) is 19.8. The van der Waals surface area contributed by atoms with Crippen LogP contribution in [-0.2, 0) is 6.42 Å². The average Bonchev–Trinajstić information content (AvgIpc) is 3.39. The fourth-order valence-electron chi connectivity index (χ4n) is 4.44. The SMILES string of the molecule is CN(C)C1CCN(c2cc(C(=O)Cc3cc4cc(-c5cncs5)ccc4cn3)ccn2)CC1. The number of ketones is 1. The zero-order chi connectivity index (χ0) is 22.8. The number of thiazole rings is 1. The van der Waals surface area contributed by atoms with Crippen LogP contribution >= 0.6 is 11.3 Å². The van der Waals surface area contributed by atoms with E-state index in [2.05, 4.69) is 57.0 Å². The largest absolute Gasteiger partial charge is 0.356 e. The van der Waals surface area contributed by atoms with E-state index in [1.54, 1.807) is 23.6 Å². The average molecular weight is 458 g/mol. The maximum Gasteiger partial charge on any atom is 0.169 e. The van der Waals surface area contributed by atoms with Gasteiger partial charge in [0.1, 0.15) is 5.82 Å². The van der Waals surface area contributed by atoms with Crippen LogP contribution in [0.4, 0.5) is 5.82 Å². The molecule has 0 aliphatic carbocycles. The fraction of sp³-hybridized carbons (Fsp3) is 0.308. The molecule has 5 rings (SSSR count). The Morgan fingerprint density at radius 2 is 1.91 bits per heavy atom. The van der Waals surface area contributed by atoms with Crippen molar-refractivity contribution in [3.05, 3.63) is 71.8 Å². The van der Waals surface area contributed by atoms with E-state index in [1.165, 1.54) is 0 Å². The predicted molar refractivity (Wildman–Crippen MR) is 134 cm³/mol. The van der Waals surface area contributed by atoms with Crippen molar-refractivity contribution in [2.75, 3.05) is 32.1 Å². The molecular weight excluding hydrogens is 430 g/mol. The molecule has 0 unspecified atom stereocenters. The molecule has 0 amide bonds. The van der Waals surface area contributed by atoms with Gasteiger partial charge in [0, 0.05) is 54.4 Å². The first kappa shape index (κ1) is 21.7. The van der Waals surface area contributed by atoms with Gasteiger partial charge in [-0.1, -0.05) is 12.1 Å². The number of anilines is 1. The van der Waals surface area contributed by atoms with Gasteiger partial charge >= 0.3 is 0 Å². The molecule has 33 heavy (non-hydrogen) atoms. The lowest BCUT2D eigenvalue weighted by molar-refractivity contribution is 0.0992. The highest BCUT2D eigenvalue weighted by atomic mass is 32.1. The second-order valence-corrected chi connectivity index (χ2v) is 9.67. The number of rotatable bonds is 6. The molecule has 0 spiro atoms. The monoisotopic (exact) mass is 457 g/mol. The summed E-state index contributed by atoms with van der Waals surface area (Å²) in [6, 6.07) is 12.7. The maximum absolute atomic E-state index is 13.1. The molecule has 1 aliphatic heterocycles. The normalized spacial score (nSPS) is 14.8. The van der Waals surface area contributed by atoms with E-state index in [1.807, 2.05) is 30.0 Å². The predicted octanol–water partition coefficient (Wildman–Crippen LogP) is 4.71. The lowest BCUT2D eigenvalue weighted by Crippen LogP contribution is -2.42. The molecule has 0 radical (unpaired) electrons.